The quantitative estimate of drug-likeness (QED) is 0.537. The van der Waals surface area contributed by atoms with E-state index in [2.05, 4.69) is 10.3 Å². The number of nitrogens with one attached hydrogen (secondary N) is 2. The van der Waals surface area contributed by atoms with Crippen molar-refractivity contribution in [3.63, 3.8) is 0 Å². The van der Waals surface area contributed by atoms with E-state index in [0.29, 0.717) is 59.0 Å². The number of methoxy groups -OCH3 is 3. The van der Waals surface area contributed by atoms with Crippen LogP contribution in [0.4, 0.5) is 0 Å². The summed E-state index contributed by atoms with van der Waals surface area (Å²) in [7, 11) is 4.64. The third kappa shape index (κ3) is 5.05. The molecular formula is C26H31N3O6. The van der Waals surface area contributed by atoms with E-state index in [0.717, 1.165) is 5.56 Å². The standard InChI is InChI=1S/C26H31N3O6/c1-15-13-29(14-16(2)35-15)26(31)18-8-6-17(7-9-18)12-27-25(30)20-10-19-21(32-3)11-22(33-4)24(34-5)23(19)28-20/h6-11,15-16,28H,12-14H2,1-5H3,(H,27,30). The number of amides is 2. The number of hydrogen-bond acceptors (Lipinski definition) is 6. The van der Waals surface area contributed by atoms with Crippen LogP contribution in [0.1, 0.15) is 40.3 Å². The minimum atomic E-state index is -0.277. The van der Waals surface area contributed by atoms with Gasteiger partial charge >= 0.3 is 0 Å². The van der Waals surface area contributed by atoms with Gasteiger partial charge in [0, 0.05) is 36.7 Å². The number of aromatic amines is 1. The highest BCUT2D eigenvalue weighted by molar-refractivity contribution is 6.02. The molecule has 0 spiro atoms. The summed E-state index contributed by atoms with van der Waals surface area (Å²) in [4.78, 5) is 30.6. The van der Waals surface area contributed by atoms with Gasteiger partial charge in [0.2, 0.25) is 0 Å². The SMILES string of the molecule is COc1cc(OC)c2cc(C(=O)NCc3ccc(C(=O)N4CC(C)OC(C)C4)cc3)[nH]c2c1OC. The Kier molecular flexibility index (Phi) is 7.16. The molecule has 35 heavy (non-hydrogen) atoms. The Morgan fingerprint density at radius 2 is 1.66 bits per heavy atom. The zero-order valence-corrected chi connectivity index (χ0v) is 20.6. The Balaban J connectivity index is 1.44. The maximum absolute atomic E-state index is 12.9. The summed E-state index contributed by atoms with van der Waals surface area (Å²) in [6.07, 6.45) is 0.0331. The van der Waals surface area contributed by atoms with Crippen LogP contribution in [0.5, 0.6) is 17.2 Å². The maximum Gasteiger partial charge on any atom is 0.268 e. The molecular weight excluding hydrogens is 450 g/mol. The summed E-state index contributed by atoms with van der Waals surface area (Å²) >= 11 is 0. The molecule has 2 atom stereocenters. The van der Waals surface area contributed by atoms with Crippen molar-refractivity contribution in [2.45, 2.75) is 32.6 Å². The van der Waals surface area contributed by atoms with E-state index in [1.807, 2.05) is 30.9 Å². The number of rotatable bonds is 7. The fourth-order valence-corrected chi connectivity index (χ4v) is 4.43. The molecule has 2 heterocycles. The monoisotopic (exact) mass is 481 g/mol. The second-order valence-corrected chi connectivity index (χ2v) is 8.63. The second-order valence-electron chi connectivity index (χ2n) is 8.63. The summed E-state index contributed by atoms with van der Waals surface area (Å²) in [6, 6.07) is 10.7. The van der Waals surface area contributed by atoms with Gasteiger partial charge in [0.1, 0.15) is 11.4 Å². The van der Waals surface area contributed by atoms with Crippen LogP contribution in [-0.4, -0.2) is 68.3 Å². The van der Waals surface area contributed by atoms with Gasteiger partial charge in [0.15, 0.2) is 11.5 Å². The van der Waals surface area contributed by atoms with Gasteiger partial charge in [0.05, 0.1) is 39.1 Å². The van der Waals surface area contributed by atoms with Crippen molar-refractivity contribution in [2.24, 2.45) is 0 Å². The molecule has 1 aromatic heterocycles. The molecule has 186 valence electrons. The van der Waals surface area contributed by atoms with Crippen molar-refractivity contribution >= 4 is 22.7 Å². The molecule has 0 aliphatic carbocycles. The summed E-state index contributed by atoms with van der Waals surface area (Å²) in [6.45, 7) is 5.40. The molecule has 0 bridgehead atoms. The van der Waals surface area contributed by atoms with Crippen LogP contribution >= 0.6 is 0 Å². The molecule has 0 saturated carbocycles. The Morgan fingerprint density at radius 3 is 2.26 bits per heavy atom. The van der Waals surface area contributed by atoms with E-state index in [1.54, 1.807) is 45.6 Å². The lowest BCUT2D eigenvalue weighted by atomic mass is 10.1. The summed E-state index contributed by atoms with van der Waals surface area (Å²) in [5, 5.41) is 3.62. The topological polar surface area (TPSA) is 102 Å². The van der Waals surface area contributed by atoms with Crippen LogP contribution < -0.4 is 19.5 Å². The molecule has 9 nitrogen and oxygen atoms in total. The summed E-state index contributed by atoms with van der Waals surface area (Å²) in [5.74, 6) is 1.27. The first-order chi connectivity index (χ1) is 16.8. The van der Waals surface area contributed by atoms with E-state index in [9.17, 15) is 9.59 Å². The number of H-pyrrole nitrogens is 1. The highest BCUT2D eigenvalue weighted by Crippen LogP contribution is 2.41. The average Bonchev–Trinajstić information content (AvgIpc) is 3.31. The van der Waals surface area contributed by atoms with E-state index >= 15 is 0 Å². The van der Waals surface area contributed by atoms with Crippen LogP contribution in [0.2, 0.25) is 0 Å². The largest absolute Gasteiger partial charge is 0.496 e. The smallest absolute Gasteiger partial charge is 0.268 e. The number of benzene rings is 2. The lowest BCUT2D eigenvalue weighted by molar-refractivity contribution is -0.0586. The molecule has 3 aromatic rings. The zero-order valence-electron chi connectivity index (χ0n) is 20.6. The van der Waals surface area contributed by atoms with Gasteiger partial charge < -0.3 is 34.1 Å². The van der Waals surface area contributed by atoms with Crippen molar-refractivity contribution in [3.05, 3.63) is 53.2 Å². The van der Waals surface area contributed by atoms with Gasteiger partial charge in [-0.15, -0.1) is 0 Å². The third-order valence-corrected chi connectivity index (χ3v) is 6.05. The zero-order chi connectivity index (χ0) is 25.1. The van der Waals surface area contributed by atoms with Crippen LogP contribution in [0, 0.1) is 0 Å². The number of carbonyl (C=O) groups is 2. The fourth-order valence-electron chi connectivity index (χ4n) is 4.43. The van der Waals surface area contributed by atoms with Gasteiger partial charge in [-0.05, 0) is 37.6 Å². The fraction of sp³-hybridized carbons (Fsp3) is 0.385. The Morgan fingerprint density at radius 1 is 1.00 bits per heavy atom. The number of carbonyl (C=O) groups excluding carboxylic acids is 2. The highest BCUT2D eigenvalue weighted by Gasteiger charge is 2.26. The van der Waals surface area contributed by atoms with Crippen molar-refractivity contribution < 1.29 is 28.5 Å². The summed E-state index contributed by atoms with van der Waals surface area (Å²) in [5.41, 5.74) is 2.48. The Labute approximate surface area is 204 Å². The van der Waals surface area contributed by atoms with Gasteiger partial charge in [0.25, 0.3) is 11.8 Å². The van der Waals surface area contributed by atoms with E-state index in [1.165, 1.54) is 0 Å². The van der Waals surface area contributed by atoms with Crippen LogP contribution in [0.25, 0.3) is 10.9 Å². The van der Waals surface area contributed by atoms with Gasteiger partial charge in [-0.1, -0.05) is 12.1 Å². The molecule has 1 aliphatic rings. The first-order valence-electron chi connectivity index (χ1n) is 11.5. The minimum Gasteiger partial charge on any atom is -0.496 e. The molecule has 2 amide bonds. The molecule has 1 fully saturated rings. The molecule has 9 heteroatoms. The molecule has 1 aliphatic heterocycles. The van der Waals surface area contributed by atoms with E-state index < -0.39 is 0 Å². The molecule has 2 N–H and O–H groups in total. The van der Waals surface area contributed by atoms with Crippen molar-refractivity contribution in [1.82, 2.24) is 15.2 Å². The Hall–Kier alpha value is -3.72. The number of fused-ring (bicyclic) bond motifs is 1. The molecule has 2 aromatic carbocycles. The highest BCUT2D eigenvalue weighted by atomic mass is 16.5. The number of morpholine rings is 1. The van der Waals surface area contributed by atoms with Crippen LogP contribution in [0.15, 0.2) is 36.4 Å². The number of nitrogens with zero attached hydrogens (tertiary/aromatic N) is 1. The molecule has 0 radical (unpaired) electrons. The third-order valence-electron chi connectivity index (χ3n) is 6.05. The van der Waals surface area contributed by atoms with E-state index in [-0.39, 0.29) is 24.0 Å². The van der Waals surface area contributed by atoms with Crippen molar-refractivity contribution in [2.75, 3.05) is 34.4 Å². The average molecular weight is 482 g/mol. The number of ether oxygens (including phenoxy) is 4. The van der Waals surface area contributed by atoms with Crippen molar-refractivity contribution in [3.8, 4) is 17.2 Å². The molecule has 2 unspecified atom stereocenters. The van der Waals surface area contributed by atoms with Gasteiger partial charge in [-0.2, -0.15) is 0 Å². The summed E-state index contributed by atoms with van der Waals surface area (Å²) < 4.78 is 22.0. The molecule has 4 rings (SSSR count). The van der Waals surface area contributed by atoms with Crippen LogP contribution in [0.3, 0.4) is 0 Å². The van der Waals surface area contributed by atoms with Gasteiger partial charge in [-0.25, -0.2) is 0 Å². The van der Waals surface area contributed by atoms with Gasteiger partial charge in [-0.3, -0.25) is 9.59 Å². The molecule has 1 saturated heterocycles. The first-order valence-corrected chi connectivity index (χ1v) is 11.5. The second kappa shape index (κ2) is 10.3. The normalized spacial score (nSPS) is 17.8. The number of aromatic nitrogens is 1. The van der Waals surface area contributed by atoms with E-state index in [4.69, 9.17) is 18.9 Å². The maximum atomic E-state index is 12.9. The van der Waals surface area contributed by atoms with Crippen molar-refractivity contribution in [1.29, 1.82) is 0 Å². The number of hydrogen-bond donors (Lipinski definition) is 2. The predicted molar refractivity (Wildman–Crippen MR) is 131 cm³/mol. The lowest BCUT2D eigenvalue weighted by Crippen LogP contribution is -2.48. The first kappa shape index (κ1) is 24.4. The predicted octanol–water partition coefficient (Wildman–Crippen LogP) is 3.37. The minimum absolute atomic E-state index is 0.0148. The Bertz CT molecular complexity index is 1210. The lowest BCUT2D eigenvalue weighted by Gasteiger charge is -2.35. The van der Waals surface area contributed by atoms with Crippen LogP contribution in [-0.2, 0) is 11.3 Å².